The molecule has 2 heterocycles. The van der Waals surface area contributed by atoms with E-state index in [0.29, 0.717) is 0 Å². The highest BCUT2D eigenvalue weighted by atomic mass is 15.3. The Labute approximate surface area is 119 Å². The van der Waals surface area contributed by atoms with Crippen LogP contribution in [-0.4, -0.2) is 98.6 Å². The predicted molar refractivity (Wildman–Crippen MR) is 81.7 cm³/mol. The van der Waals surface area contributed by atoms with Crippen LogP contribution < -0.4 is 0 Å². The molecule has 2 aliphatic rings. The minimum Gasteiger partial charge on any atom is -0.304 e. The van der Waals surface area contributed by atoms with E-state index < -0.39 is 0 Å². The number of piperazine rings is 2. The molecule has 2 saturated heterocycles. The summed E-state index contributed by atoms with van der Waals surface area (Å²) in [5.74, 6) is 0. The molecule has 1 unspecified atom stereocenters. The summed E-state index contributed by atoms with van der Waals surface area (Å²) in [5, 5.41) is 0. The Morgan fingerprint density at radius 3 is 1.84 bits per heavy atom. The van der Waals surface area contributed by atoms with Crippen LogP contribution in [0, 0.1) is 0 Å². The van der Waals surface area contributed by atoms with Crippen LogP contribution in [0.2, 0.25) is 0 Å². The molecule has 0 aromatic rings. The van der Waals surface area contributed by atoms with Crippen molar-refractivity contribution in [3.8, 4) is 0 Å². The highest BCUT2D eigenvalue weighted by Crippen LogP contribution is 2.13. The zero-order valence-corrected chi connectivity index (χ0v) is 13.1. The summed E-state index contributed by atoms with van der Waals surface area (Å²) in [5.41, 5.74) is 0. The van der Waals surface area contributed by atoms with E-state index in [9.17, 15) is 0 Å². The van der Waals surface area contributed by atoms with Gasteiger partial charge in [-0.3, -0.25) is 4.90 Å². The third kappa shape index (κ3) is 4.71. The van der Waals surface area contributed by atoms with Gasteiger partial charge in [0.25, 0.3) is 0 Å². The number of nitrogens with zero attached hydrogens (tertiary/aromatic N) is 4. The van der Waals surface area contributed by atoms with Crippen molar-refractivity contribution in [2.45, 2.75) is 25.8 Å². The first-order chi connectivity index (χ1) is 9.19. The maximum atomic E-state index is 2.72. The van der Waals surface area contributed by atoms with Gasteiger partial charge in [-0.1, -0.05) is 6.92 Å². The average molecular weight is 268 g/mol. The maximum absolute atomic E-state index is 2.72. The molecule has 0 aromatic heterocycles. The van der Waals surface area contributed by atoms with Crippen molar-refractivity contribution in [3.63, 3.8) is 0 Å². The lowest BCUT2D eigenvalue weighted by Gasteiger charge is -2.39. The normalized spacial score (nSPS) is 26.7. The summed E-state index contributed by atoms with van der Waals surface area (Å²) < 4.78 is 0. The second-order valence-electron chi connectivity index (χ2n) is 6.33. The molecule has 112 valence electrons. The van der Waals surface area contributed by atoms with E-state index in [1.165, 1.54) is 71.7 Å². The molecule has 0 spiro atoms. The lowest BCUT2D eigenvalue weighted by Crippen LogP contribution is -2.50. The fraction of sp³-hybridized carbons (Fsp3) is 1.00. The molecule has 0 aliphatic carbocycles. The Morgan fingerprint density at radius 1 is 0.789 bits per heavy atom. The highest BCUT2D eigenvalue weighted by molar-refractivity contribution is 4.78. The van der Waals surface area contributed by atoms with Crippen molar-refractivity contribution in [3.05, 3.63) is 0 Å². The molecule has 0 radical (unpaired) electrons. The lowest BCUT2D eigenvalue weighted by molar-refractivity contribution is 0.0884. The van der Waals surface area contributed by atoms with Crippen LogP contribution in [0.1, 0.15) is 19.8 Å². The van der Waals surface area contributed by atoms with Crippen molar-refractivity contribution in [2.75, 3.05) is 73.0 Å². The van der Waals surface area contributed by atoms with Crippen molar-refractivity contribution in [1.29, 1.82) is 0 Å². The molecular formula is C15H32N4. The highest BCUT2D eigenvalue weighted by Gasteiger charge is 2.22. The van der Waals surface area contributed by atoms with E-state index >= 15 is 0 Å². The molecule has 0 amide bonds. The van der Waals surface area contributed by atoms with Gasteiger partial charge in [-0.15, -0.1) is 0 Å². The zero-order valence-electron chi connectivity index (χ0n) is 13.1. The maximum Gasteiger partial charge on any atom is 0.0113 e. The molecular weight excluding hydrogens is 236 g/mol. The van der Waals surface area contributed by atoms with Crippen molar-refractivity contribution in [2.24, 2.45) is 0 Å². The minimum atomic E-state index is 0.799. The third-order valence-electron chi connectivity index (χ3n) is 4.90. The van der Waals surface area contributed by atoms with Crippen LogP contribution in [0.5, 0.6) is 0 Å². The molecule has 0 bridgehead atoms. The van der Waals surface area contributed by atoms with Gasteiger partial charge in [-0.2, -0.15) is 0 Å². The summed E-state index contributed by atoms with van der Waals surface area (Å²) in [6, 6.07) is 0.799. The van der Waals surface area contributed by atoms with Gasteiger partial charge in [0.15, 0.2) is 0 Å². The molecule has 0 aromatic carbocycles. The number of hydrogen-bond donors (Lipinski definition) is 0. The van der Waals surface area contributed by atoms with Crippen LogP contribution in [0.4, 0.5) is 0 Å². The Hall–Kier alpha value is -0.160. The van der Waals surface area contributed by atoms with Gasteiger partial charge in [0.1, 0.15) is 0 Å². The van der Waals surface area contributed by atoms with Gasteiger partial charge in [0.05, 0.1) is 0 Å². The summed E-state index contributed by atoms with van der Waals surface area (Å²) in [6.07, 6.45) is 2.65. The van der Waals surface area contributed by atoms with Gasteiger partial charge in [-0.25, -0.2) is 0 Å². The molecule has 4 nitrogen and oxygen atoms in total. The number of hydrogen-bond acceptors (Lipinski definition) is 4. The van der Waals surface area contributed by atoms with Crippen molar-refractivity contribution >= 4 is 0 Å². The van der Waals surface area contributed by atoms with E-state index in [0.717, 1.165) is 6.04 Å². The van der Waals surface area contributed by atoms with E-state index in [-0.39, 0.29) is 0 Å². The lowest BCUT2D eigenvalue weighted by atomic mass is 10.1. The van der Waals surface area contributed by atoms with E-state index in [4.69, 9.17) is 0 Å². The van der Waals surface area contributed by atoms with Crippen LogP contribution in [0.15, 0.2) is 0 Å². The van der Waals surface area contributed by atoms with Crippen molar-refractivity contribution in [1.82, 2.24) is 19.6 Å². The molecule has 2 fully saturated rings. The first-order valence-corrected chi connectivity index (χ1v) is 8.02. The monoisotopic (exact) mass is 268 g/mol. The SMILES string of the molecule is CCC(CCN1CCN(C)CC1)N1CCN(C)CC1. The first kappa shape index (κ1) is 15.2. The smallest absolute Gasteiger partial charge is 0.0113 e. The Kier molecular flexibility index (Phi) is 6.07. The summed E-state index contributed by atoms with van der Waals surface area (Å²) in [6.45, 7) is 13.7. The van der Waals surface area contributed by atoms with Gasteiger partial charge in [0, 0.05) is 58.4 Å². The Balaban J connectivity index is 1.70. The number of rotatable bonds is 5. The van der Waals surface area contributed by atoms with E-state index in [1.807, 2.05) is 0 Å². The second-order valence-corrected chi connectivity index (χ2v) is 6.33. The van der Waals surface area contributed by atoms with Gasteiger partial charge < -0.3 is 14.7 Å². The van der Waals surface area contributed by atoms with Gasteiger partial charge >= 0.3 is 0 Å². The topological polar surface area (TPSA) is 13.0 Å². The van der Waals surface area contributed by atoms with Crippen LogP contribution in [-0.2, 0) is 0 Å². The first-order valence-electron chi connectivity index (χ1n) is 8.02. The fourth-order valence-corrected chi connectivity index (χ4v) is 3.24. The van der Waals surface area contributed by atoms with Gasteiger partial charge in [-0.05, 0) is 33.5 Å². The van der Waals surface area contributed by atoms with Gasteiger partial charge in [0.2, 0.25) is 0 Å². The largest absolute Gasteiger partial charge is 0.304 e. The minimum absolute atomic E-state index is 0.799. The van der Waals surface area contributed by atoms with Crippen LogP contribution in [0.3, 0.4) is 0 Å². The third-order valence-corrected chi connectivity index (χ3v) is 4.90. The summed E-state index contributed by atoms with van der Waals surface area (Å²) in [4.78, 5) is 10.3. The molecule has 2 aliphatic heterocycles. The van der Waals surface area contributed by atoms with E-state index in [2.05, 4.69) is 40.6 Å². The van der Waals surface area contributed by atoms with Crippen LogP contribution in [0.25, 0.3) is 0 Å². The Bertz CT molecular complexity index is 243. The molecule has 0 saturated carbocycles. The summed E-state index contributed by atoms with van der Waals surface area (Å²) in [7, 11) is 4.47. The second kappa shape index (κ2) is 7.58. The van der Waals surface area contributed by atoms with Crippen LogP contribution >= 0.6 is 0 Å². The molecule has 4 heteroatoms. The average Bonchev–Trinajstić information content (AvgIpc) is 2.43. The number of likely N-dealkylation sites (N-methyl/N-ethyl adjacent to an activating group) is 2. The molecule has 19 heavy (non-hydrogen) atoms. The standard InChI is InChI=1S/C15H32N4/c1-4-15(19-13-9-17(3)10-14-19)5-6-18-11-7-16(2)8-12-18/h15H,4-14H2,1-3H3. The molecule has 1 atom stereocenters. The molecule has 0 N–H and O–H groups in total. The zero-order chi connectivity index (χ0) is 13.7. The Morgan fingerprint density at radius 2 is 1.32 bits per heavy atom. The predicted octanol–water partition coefficient (Wildman–Crippen LogP) is 0.650. The fourth-order valence-electron chi connectivity index (χ4n) is 3.24. The summed E-state index contributed by atoms with van der Waals surface area (Å²) >= 11 is 0. The van der Waals surface area contributed by atoms with Crippen molar-refractivity contribution < 1.29 is 0 Å². The molecule has 2 rings (SSSR count). The quantitative estimate of drug-likeness (QED) is 0.726. The van der Waals surface area contributed by atoms with E-state index in [1.54, 1.807) is 0 Å².